The molecule has 0 unspecified atom stereocenters. The average molecular weight is 219 g/mol. The standard InChI is InChI=1S/C11H25NOS/c1-11(2)10-13-8-4-6-12-7-5-9-14-3/h11-12H,4-10H2,1-3H3. The number of thioether (sulfide) groups is 1. The van der Waals surface area contributed by atoms with Crippen LogP contribution in [0.1, 0.15) is 26.7 Å². The highest BCUT2D eigenvalue weighted by Crippen LogP contribution is 1.94. The lowest BCUT2D eigenvalue weighted by Crippen LogP contribution is -2.19. The first-order valence-corrected chi connectivity index (χ1v) is 6.94. The van der Waals surface area contributed by atoms with E-state index in [1.165, 1.54) is 12.2 Å². The van der Waals surface area contributed by atoms with Gasteiger partial charge in [0.1, 0.15) is 0 Å². The molecule has 0 aliphatic heterocycles. The summed E-state index contributed by atoms with van der Waals surface area (Å²) in [4.78, 5) is 0. The van der Waals surface area contributed by atoms with E-state index in [-0.39, 0.29) is 0 Å². The lowest BCUT2D eigenvalue weighted by atomic mass is 10.2. The Balaban J connectivity index is 2.85. The van der Waals surface area contributed by atoms with Crippen molar-refractivity contribution in [3.8, 4) is 0 Å². The van der Waals surface area contributed by atoms with E-state index in [1.54, 1.807) is 0 Å². The molecule has 0 aliphatic rings. The second kappa shape index (κ2) is 11.3. The molecule has 0 aromatic rings. The summed E-state index contributed by atoms with van der Waals surface area (Å²) in [5, 5.41) is 3.41. The summed E-state index contributed by atoms with van der Waals surface area (Å²) in [7, 11) is 0. The number of nitrogens with one attached hydrogen (secondary N) is 1. The van der Waals surface area contributed by atoms with E-state index in [0.717, 1.165) is 32.7 Å². The van der Waals surface area contributed by atoms with E-state index in [0.29, 0.717) is 5.92 Å². The zero-order valence-corrected chi connectivity index (χ0v) is 10.7. The molecule has 0 aromatic heterocycles. The molecule has 14 heavy (non-hydrogen) atoms. The molecule has 86 valence electrons. The molecule has 0 fully saturated rings. The molecular formula is C11H25NOS. The fourth-order valence-electron chi connectivity index (χ4n) is 1.08. The summed E-state index contributed by atoms with van der Waals surface area (Å²) in [5.74, 6) is 1.92. The predicted molar refractivity (Wildman–Crippen MR) is 66.1 cm³/mol. The molecule has 0 bridgehead atoms. The number of ether oxygens (including phenoxy) is 1. The molecule has 0 spiro atoms. The fraction of sp³-hybridized carbons (Fsp3) is 1.00. The SMILES string of the molecule is CSCCCNCCCOCC(C)C. The van der Waals surface area contributed by atoms with Gasteiger partial charge < -0.3 is 10.1 Å². The number of rotatable bonds is 10. The van der Waals surface area contributed by atoms with Gasteiger partial charge in [-0.2, -0.15) is 11.8 Å². The van der Waals surface area contributed by atoms with Crippen LogP contribution in [0.3, 0.4) is 0 Å². The maximum Gasteiger partial charge on any atom is 0.0489 e. The Morgan fingerprint density at radius 3 is 2.57 bits per heavy atom. The Kier molecular flexibility index (Phi) is 11.6. The summed E-state index contributed by atoms with van der Waals surface area (Å²) in [6.45, 7) is 8.39. The third-order valence-corrected chi connectivity index (χ3v) is 2.49. The van der Waals surface area contributed by atoms with Crippen molar-refractivity contribution in [1.82, 2.24) is 5.32 Å². The molecule has 3 heteroatoms. The van der Waals surface area contributed by atoms with Crippen LogP contribution in [0.4, 0.5) is 0 Å². The average Bonchev–Trinajstić information content (AvgIpc) is 2.15. The molecule has 0 atom stereocenters. The van der Waals surface area contributed by atoms with Gasteiger partial charge in [0.25, 0.3) is 0 Å². The normalized spacial score (nSPS) is 11.1. The van der Waals surface area contributed by atoms with Crippen molar-refractivity contribution in [2.45, 2.75) is 26.7 Å². The van der Waals surface area contributed by atoms with Gasteiger partial charge in [0.15, 0.2) is 0 Å². The lowest BCUT2D eigenvalue weighted by molar-refractivity contribution is 0.108. The Bertz CT molecular complexity index is 109. The van der Waals surface area contributed by atoms with Crippen molar-refractivity contribution in [3.05, 3.63) is 0 Å². The molecule has 1 N–H and O–H groups in total. The zero-order valence-electron chi connectivity index (χ0n) is 9.84. The molecule has 0 amide bonds. The second-order valence-electron chi connectivity index (χ2n) is 3.92. The first-order chi connectivity index (χ1) is 6.77. The Labute approximate surface area is 93.2 Å². The fourth-order valence-corrected chi connectivity index (χ4v) is 1.52. The molecule has 0 saturated carbocycles. The second-order valence-corrected chi connectivity index (χ2v) is 4.90. The molecule has 0 aliphatic carbocycles. The first-order valence-electron chi connectivity index (χ1n) is 5.54. The summed E-state index contributed by atoms with van der Waals surface area (Å²) >= 11 is 1.91. The van der Waals surface area contributed by atoms with Crippen molar-refractivity contribution >= 4 is 11.8 Å². The Morgan fingerprint density at radius 1 is 1.21 bits per heavy atom. The van der Waals surface area contributed by atoms with Crippen molar-refractivity contribution in [3.63, 3.8) is 0 Å². The molecule has 2 nitrogen and oxygen atoms in total. The smallest absolute Gasteiger partial charge is 0.0489 e. The van der Waals surface area contributed by atoms with E-state index >= 15 is 0 Å². The highest BCUT2D eigenvalue weighted by molar-refractivity contribution is 7.98. The third-order valence-electron chi connectivity index (χ3n) is 1.80. The van der Waals surface area contributed by atoms with Gasteiger partial charge in [-0.1, -0.05) is 13.8 Å². The van der Waals surface area contributed by atoms with E-state index in [2.05, 4.69) is 25.4 Å². The summed E-state index contributed by atoms with van der Waals surface area (Å²) < 4.78 is 5.48. The molecule has 0 heterocycles. The Morgan fingerprint density at radius 2 is 1.93 bits per heavy atom. The molecular weight excluding hydrogens is 194 g/mol. The number of hydrogen-bond donors (Lipinski definition) is 1. The van der Waals surface area contributed by atoms with Gasteiger partial charge in [-0.3, -0.25) is 0 Å². The van der Waals surface area contributed by atoms with Gasteiger partial charge in [0, 0.05) is 13.2 Å². The minimum absolute atomic E-state index is 0.657. The van der Waals surface area contributed by atoms with Crippen LogP contribution in [0.5, 0.6) is 0 Å². The van der Waals surface area contributed by atoms with Crippen molar-refractivity contribution in [2.75, 3.05) is 38.3 Å². The van der Waals surface area contributed by atoms with Crippen LogP contribution in [-0.2, 0) is 4.74 Å². The lowest BCUT2D eigenvalue weighted by Gasteiger charge is -2.07. The van der Waals surface area contributed by atoms with E-state index in [4.69, 9.17) is 4.74 Å². The first kappa shape index (κ1) is 14.3. The van der Waals surface area contributed by atoms with Crippen LogP contribution in [0.25, 0.3) is 0 Å². The summed E-state index contributed by atoms with van der Waals surface area (Å²) in [5.41, 5.74) is 0. The minimum atomic E-state index is 0.657. The van der Waals surface area contributed by atoms with E-state index < -0.39 is 0 Å². The van der Waals surface area contributed by atoms with Gasteiger partial charge >= 0.3 is 0 Å². The van der Waals surface area contributed by atoms with Gasteiger partial charge in [-0.15, -0.1) is 0 Å². The van der Waals surface area contributed by atoms with E-state index in [9.17, 15) is 0 Å². The maximum absolute atomic E-state index is 5.48. The van der Waals surface area contributed by atoms with Crippen LogP contribution in [-0.4, -0.2) is 38.3 Å². The highest BCUT2D eigenvalue weighted by atomic mass is 32.2. The Hall–Kier alpha value is 0.270. The minimum Gasteiger partial charge on any atom is -0.381 e. The predicted octanol–water partition coefficient (Wildman–Crippen LogP) is 2.39. The molecule has 0 saturated heterocycles. The number of hydrogen-bond acceptors (Lipinski definition) is 3. The van der Waals surface area contributed by atoms with Gasteiger partial charge in [-0.05, 0) is 43.9 Å². The monoisotopic (exact) mass is 219 g/mol. The quantitative estimate of drug-likeness (QED) is 0.570. The van der Waals surface area contributed by atoms with Crippen molar-refractivity contribution < 1.29 is 4.74 Å². The largest absolute Gasteiger partial charge is 0.381 e. The molecule has 0 aromatic carbocycles. The van der Waals surface area contributed by atoms with E-state index in [1.807, 2.05) is 11.8 Å². The van der Waals surface area contributed by atoms with Crippen LogP contribution >= 0.6 is 11.8 Å². The van der Waals surface area contributed by atoms with Gasteiger partial charge in [-0.25, -0.2) is 0 Å². The highest BCUT2D eigenvalue weighted by Gasteiger charge is 1.93. The van der Waals surface area contributed by atoms with Crippen molar-refractivity contribution in [2.24, 2.45) is 5.92 Å². The van der Waals surface area contributed by atoms with Gasteiger partial charge in [0.05, 0.1) is 0 Å². The van der Waals surface area contributed by atoms with Crippen LogP contribution in [0.15, 0.2) is 0 Å². The topological polar surface area (TPSA) is 21.3 Å². The third kappa shape index (κ3) is 12.3. The molecule has 0 radical (unpaired) electrons. The molecule has 0 rings (SSSR count). The van der Waals surface area contributed by atoms with Crippen LogP contribution in [0.2, 0.25) is 0 Å². The van der Waals surface area contributed by atoms with Crippen LogP contribution < -0.4 is 5.32 Å². The van der Waals surface area contributed by atoms with Crippen molar-refractivity contribution in [1.29, 1.82) is 0 Å². The van der Waals surface area contributed by atoms with Crippen LogP contribution in [0, 0.1) is 5.92 Å². The zero-order chi connectivity index (χ0) is 10.6. The van der Waals surface area contributed by atoms with Gasteiger partial charge in [0.2, 0.25) is 0 Å². The summed E-state index contributed by atoms with van der Waals surface area (Å²) in [6, 6.07) is 0. The maximum atomic E-state index is 5.48. The summed E-state index contributed by atoms with van der Waals surface area (Å²) in [6.07, 6.45) is 4.56.